The highest BCUT2D eigenvalue weighted by atomic mass is 16.5. The van der Waals surface area contributed by atoms with E-state index in [1.807, 2.05) is 6.92 Å². The Morgan fingerprint density at radius 2 is 2.25 bits per heavy atom. The number of ether oxygens (including phenoxy) is 2. The number of carboxylic acids is 1. The van der Waals surface area contributed by atoms with Crippen molar-refractivity contribution in [1.82, 2.24) is 5.32 Å². The van der Waals surface area contributed by atoms with Crippen molar-refractivity contribution in [1.29, 1.82) is 0 Å². The predicted molar refractivity (Wildman–Crippen MR) is 89.3 cm³/mol. The third kappa shape index (κ3) is 4.96. The lowest BCUT2D eigenvalue weighted by Gasteiger charge is -2.20. The van der Waals surface area contributed by atoms with Gasteiger partial charge in [-0.15, -0.1) is 0 Å². The zero-order valence-corrected chi connectivity index (χ0v) is 14.2. The number of nitrogens with one attached hydrogen (secondary N) is 1. The molecule has 2 rings (SSSR count). The Morgan fingerprint density at radius 1 is 1.46 bits per heavy atom. The third-order valence-corrected chi connectivity index (χ3v) is 4.32. The van der Waals surface area contributed by atoms with Crippen molar-refractivity contribution in [3.63, 3.8) is 0 Å². The normalized spacial score (nSPS) is 19.5. The molecule has 1 heterocycles. The highest BCUT2D eigenvalue weighted by Crippen LogP contribution is 2.18. The van der Waals surface area contributed by atoms with Crippen LogP contribution in [0.25, 0.3) is 0 Å². The standard InChI is InChI=1S/C18H25NO5/c1-3-12(2)16(18(21)22)19-17(20)13-6-4-7-14(10-13)24-11-15-8-5-9-23-15/h4,6-7,10,12,15-16H,3,5,8-9,11H2,1-2H3,(H,19,20)(H,21,22). The summed E-state index contributed by atoms with van der Waals surface area (Å²) in [4.78, 5) is 23.7. The molecule has 2 N–H and O–H groups in total. The molecule has 1 aromatic carbocycles. The van der Waals surface area contributed by atoms with Crippen LogP contribution in [-0.4, -0.2) is 42.3 Å². The highest BCUT2D eigenvalue weighted by molar-refractivity contribution is 5.96. The molecule has 0 aromatic heterocycles. The molecule has 0 aliphatic carbocycles. The summed E-state index contributed by atoms with van der Waals surface area (Å²) in [5, 5.41) is 11.9. The Labute approximate surface area is 142 Å². The van der Waals surface area contributed by atoms with E-state index in [0.29, 0.717) is 24.3 Å². The third-order valence-electron chi connectivity index (χ3n) is 4.32. The first-order chi connectivity index (χ1) is 11.5. The van der Waals surface area contributed by atoms with Crippen molar-refractivity contribution in [2.75, 3.05) is 13.2 Å². The Hall–Kier alpha value is -2.08. The van der Waals surface area contributed by atoms with Crippen LogP contribution in [0.4, 0.5) is 0 Å². The molecule has 0 spiro atoms. The number of carbonyl (C=O) groups excluding carboxylic acids is 1. The lowest BCUT2D eigenvalue weighted by molar-refractivity contribution is -0.140. The van der Waals surface area contributed by atoms with Crippen LogP contribution in [0.3, 0.4) is 0 Å². The van der Waals surface area contributed by atoms with Crippen LogP contribution in [-0.2, 0) is 9.53 Å². The minimum Gasteiger partial charge on any atom is -0.491 e. The van der Waals surface area contributed by atoms with Crippen molar-refractivity contribution in [3.05, 3.63) is 29.8 Å². The van der Waals surface area contributed by atoms with Gasteiger partial charge in [-0.05, 0) is 37.0 Å². The lowest BCUT2D eigenvalue weighted by Crippen LogP contribution is -2.45. The van der Waals surface area contributed by atoms with Crippen LogP contribution in [0, 0.1) is 5.92 Å². The molecule has 1 aliphatic rings. The van der Waals surface area contributed by atoms with E-state index >= 15 is 0 Å². The van der Waals surface area contributed by atoms with Gasteiger partial charge in [0.25, 0.3) is 5.91 Å². The summed E-state index contributed by atoms with van der Waals surface area (Å²) in [6, 6.07) is 5.86. The fourth-order valence-electron chi connectivity index (χ4n) is 2.60. The van der Waals surface area contributed by atoms with Gasteiger partial charge < -0.3 is 19.9 Å². The molecule has 1 aliphatic heterocycles. The second kappa shape index (κ2) is 8.68. The molecule has 3 atom stereocenters. The van der Waals surface area contributed by atoms with Crippen molar-refractivity contribution in [3.8, 4) is 5.75 Å². The molecule has 24 heavy (non-hydrogen) atoms. The van der Waals surface area contributed by atoms with Gasteiger partial charge in [-0.1, -0.05) is 26.3 Å². The number of benzene rings is 1. The van der Waals surface area contributed by atoms with Crippen LogP contribution >= 0.6 is 0 Å². The van der Waals surface area contributed by atoms with Gasteiger partial charge in [-0.3, -0.25) is 4.79 Å². The Morgan fingerprint density at radius 3 is 2.88 bits per heavy atom. The van der Waals surface area contributed by atoms with Gasteiger partial charge in [-0.25, -0.2) is 4.79 Å². The van der Waals surface area contributed by atoms with Gasteiger partial charge in [0, 0.05) is 12.2 Å². The van der Waals surface area contributed by atoms with E-state index in [1.165, 1.54) is 0 Å². The lowest BCUT2D eigenvalue weighted by atomic mass is 9.99. The van der Waals surface area contributed by atoms with Crippen LogP contribution in [0.1, 0.15) is 43.5 Å². The SMILES string of the molecule is CCC(C)C(NC(=O)c1cccc(OCC2CCCO2)c1)C(=O)O. The minimum absolute atomic E-state index is 0.101. The summed E-state index contributed by atoms with van der Waals surface area (Å²) in [5.41, 5.74) is 0.384. The second-order valence-electron chi connectivity index (χ2n) is 6.15. The molecular formula is C18H25NO5. The van der Waals surface area contributed by atoms with Crippen LogP contribution in [0.15, 0.2) is 24.3 Å². The summed E-state index contributed by atoms with van der Waals surface area (Å²) in [6.07, 6.45) is 2.80. The summed E-state index contributed by atoms with van der Waals surface area (Å²) in [7, 11) is 0. The quantitative estimate of drug-likeness (QED) is 0.762. The Kier molecular flexibility index (Phi) is 6.61. The van der Waals surface area contributed by atoms with E-state index in [1.54, 1.807) is 31.2 Å². The number of aliphatic carboxylic acids is 1. The smallest absolute Gasteiger partial charge is 0.326 e. The minimum atomic E-state index is -1.02. The first-order valence-corrected chi connectivity index (χ1v) is 8.39. The van der Waals surface area contributed by atoms with E-state index in [-0.39, 0.29) is 12.0 Å². The van der Waals surface area contributed by atoms with E-state index < -0.39 is 17.9 Å². The molecule has 132 valence electrons. The van der Waals surface area contributed by atoms with Crippen LogP contribution < -0.4 is 10.1 Å². The molecule has 1 aromatic rings. The maximum absolute atomic E-state index is 12.3. The predicted octanol–water partition coefficient (Wildman–Crippen LogP) is 2.47. The second-order valence-corrected chi connectivity index (χ2v) is 6.15. The molecular weight excluding hydrogens is 310 g/mol. The molecule has 1 amide bonds. The van der Waals surface area contributed by atoms with Crippen molar-refractivity contribution in [2.24, 2.45) is 5.92 Å². The number of amides is 1. The number of carbonyl (C=O) groups is 2. The summed E-state index contributed by atoms with van der Waals surface area (Å²) in [6.45, 7) is 4.92. The number of carboxylic acid groups (broad SMARTS) is 1. The fourth-order valence-corrected chi connectivity index (χ4v) is 2.60. The zero-order valence-electron chi connectivity index (χ0n) is 14.2. The van der Waals surface area contributed by atoms with Gasteiger partial charge in [0.05, 0.1) is 6.10 Å². The van der Waals surface area contributed by atoms with Crippen molar-refractivity contribution in [2.45, 2.75) is 45.3 Å². The summed E-state index contributed by atoms with van der Waals surface area (Å²) < 4.78 is 11.2. The van der Waals surface area contributed by atoms with Gasteiger partial charge in [-0.2, -0.15) is 0 Å². The van der Waals surface area contributed by atoms with E-state index in [4.69, 9.17) is 9.47 Å². The Bertz CT molecular complexity index is 568. The summed E-state index contributed by atoms with van der Waals surface area (Å²) in [5.74, 6) is -1.01. The molecule has 6 nitrogen and oxygen atoms in total. The summed E-state index contributed by atoms with van der Waals surface area (Å²) >= 11 is 0. The first-order valence-electron chi connectivity index (χ1n) is 8.39. The fraction of sp³-hybridized carbons (Fsp3) is 0.556. The van der Waals surface area contributed by atoms with Crippen molar-refractivity contribution < 1.29 is 24.2 Å². The topological polar surface area (TPSA) is 84.9 Å². The average molecular weight is 335 g/mol. The highest BCUT2D eigenvalue weighted by Gasteiger charge is 2.25. The van der Waals surface area contributed by atoms with E-state index in [9.17, 15) is 14.7 Å². The largest absolute Gasteiger partial charge is 0.491 e. The number of hydrogen-bond donors (Lipinski definition) is 2. The van der Waals surface area contributed by atoms with Gasteiger partial charge in [0.1, 0.15) is 18.4 Å². The van der Waals surface area contributed by atoms with Crippen LogP contribution in [0.5, 0.6) is 5.75 Å². The molecule has 0 bridgehead atoms. The van der Waals surface area contributed by atoms with Gasteiger partial charge >= 0.3 is 5.97 Å². The van der Waals surface area contributed by atoms with E-state index in [0.717, 1.165) is 19.4 Å². The monoisotopic (exact) mass is 335 g/mol. The molecule has 0 saturated carbocycles. The first kappa shape index (κ1) is 18.3. The average Bonchev–Trinajstić information content (AvgIpc) is 3.10. The van der Waals surface area contributed by atoms with Gasteiger partial charge in [0.2, 0.25) is 0 Å². The molecule has 0 radical (unpaired) electrons. The van der Waals surface area contributed by atoms with Crippen molar-refractivity contribution >= 4 is 11.9 Å². The zero-order chi connectivity index (χ0) is 17.5. The number of rotatable bonds is 8. The van der Waals surface area contributed by atoms with Gasteiger partial charge in [0.15, 0.2) is 0 Å². The Balaban J connectivity index is 1.98. The van der Waals surface area contributed by atoms with Crippen LogP contribution in [0.2, 0.25) is 0 Å². The molecule has 6 heteroatoms. The molecule has 1 fully saturated rings. The maximum Gasteiger partial charge on any atom is 0.326 e. The maximum atomic E-state index is 12.3. The van der Waals surface area contributed by atoms with E-state index in [2.05, 4.69) is 5.32 Å². The molecule has 1 saturated heterocycles. The number of hydrogen-bond acceptors (Lipinski definition) is 4. The molecule has 3 unspecified atom stereocenters.